The first-order valence-electron chi connectivity index (χ1n) is 16.5. The van der Waals surface area contributed by atoms with Crippen molar-refractivity contribution in [1.29, 1.82) is 0 Å². The Hall–Kier alpha value is -4.34. The number of terminal acetylenes is 1. The zero-order valence-corrected chi connectivity index (χ0v) is 27.8. The summed E-state index contributed by atoms with van der Waals surface area (Å²) in [5, 5.41) is 56.4. The second kappa shape index (κ2) is 12.1. The second-order valence-electron chi connectivity index (χ2n) is 13.6. The van der Waals surface area contributed by atoms with Gasteiger partial charge < -0.3 is 45.6 Å². The van der Waals surface area contributed by atoms with Gasteiger partial charge in [0.25, 0.3) is 0 Å². The van der Waals surface area contributed by atoms with Gasteiger partial charge in [-0.2, -0.15) is 9.97 Å². The molecule has 3 aliphatic rings. The number of halogens is 3. The summed E-state index contributed by atoms with van der Waals surface area (Å²) in [6, 6.07) is 4.66. The number of rotatable bonds is 7. The smallest absolute Gasteiger partial charge is 0.347 e. The molecule has 7 rings (SSSR count). The van der Waals surface area contributed by atoms with E-state index in [1.165, 1.54) is 36.2 Å². The van der Waals surface area contributed by atoms with E-state index in [1.807, 2.05) is 0 Å². The topological polar surface area (TPSA) is 191 Å². The number of hydrogen-bond donors (Lipinski definition) is 6. The Morgan fingerprint density at radius 3 is 2.61 bits per heavy atom. The largest absolute Gasteiger partial charge is 0.404 e. The molecule has 16 heteroatoms. The quantitative estimate of drug-likeness (QED) is 0.0710. The van der Waals surface area contributed by atoms with Crippen LogP contribution in [0.15, 0.2) is 30.5 Å². The summed E-state index contributed by atoms with van der Waals surface area (Å²) in [5.41, 5.74) is 1.94. The lowest BCUT2D eigenvalue weighted by Gasteiger charge is -2.48. The number of aliphatic hydroxyl groups is 5. The number of nitrogens with two attached hydrogens (primary N) is 1. The summed E-state index contributed by atoms with van der Waals surface area (Å²) in [4.78, 5) is 15.0. The number of nitrogens with zero attached hydrogens (tertiary/aromatic N) is 5. The number of benzene rings is 2. The van der Waals surface area contributed by atoms with Gasteiger partial charge in [0.15, 0.2) is 12.1 Å². The molecular formula is C35H37F3N6O7. The van der Waals surface area contributed by atoms with Crippen molar-refractivity contribution < 1.29 is 48.2 Å². The maximum Gasteiger partial charge on any atom is 0.347 e. The van der Waals surface area contributed by atoms with Crippen LogP contribution in [-0.2, 0) is 4.74 Å². The Labute approximate surface area is 290 Å². The normalized spacial score (nSPS) is 24.6. The SMILES string of the molecule is C#Cc1c(F)ccc2cc(N)cc(-c3ncc4c(N5CCOCC(C)C5F)nc(OC(O)(O)C5(CO)N(CC)C(O)(O)CC56CC6)nc4c3F)c12. The lowest BCUT2D eigenvalue weighted by atomic mass is 9.79. The van der Waals surface area contributed by atoms with Gasteiger partial charge in [0.1, 0.15) is 28.4 Å². The molecule has 0 radical (unpaired) electrons. The first-order chi connectivity index (χ1) is 24.1. The molecule has 1 saturated carbocycles. The fraction of sp³-hybridized carbons (Fsp3) is 0.457. The highest BCUT2D eigenvalue weighted by Gasteiger charge is 2.80. The first kappa shape index (κ1) is 35.1. The van der Waals surface area contributed by atoms with Crippen LogP contribution in [0.3, 0.4) is 0 Å². The zero-order chi connectivity index (χ0) is 36.7. The van der Waals surface area contributed by atoms with Crippen LogP contribution < -0.4 is 15.4 Å². The highest BCUT2D eigenvalue weighted by Crippen LogP contribution is 2.68. The zero-order valence-electron chi connectivity index (χ0n) is 27.8. The minimum atomic E-state index is -3.41. The molecule has 0 amide bonds. The number of pyridine rings is 1. The van der Waals surface area contributed by atoms with Crippen LogP contribution in [0.25, 0.3) is 32.9 Å². The van der Waals surface area contributed by atoms with E-state index in [-0.39, 0.29) is 84.7 Å². The molecule has 2 aromatic carbocycles. The Morgan fingerprint density at radius 2 is 1.94 bits per heavy atom. The summed E-state index contributed by atoms with van der Waals surface area (Å²) < 4.78 is 59.1. The first-order valence-corrected chi connectivity index (χ1v) is 16.5. The average molecular weight is 711 g/mol. The van der Waals surface area contributed by atoms with Crippen molar-refractivity contribution >= 4 is 33.2 Å². The fourth-order valence-electron chi connectivity index (χ4n) is 8.07. The van der Waals surface area contributed by atoms with Crippen LogP contribution in [0.5, 0.6) is 6.01 Å². The van der Waals surface area contributed by atoms with Gasteiger partial charge in [-0.15, -0.1) is 6.42 Å². The molecule has 270 valence electrons. The van der Waals surface area contributed by atoms with E-state index in [1.54, 1.807) is 6.92 Å². The van der Waals surface area contributed by atoms with Gasteiger partial charge in [-0.05, 0) is 36.4 Å². The van der Waals surface area contributed by atoms with E-state index < -0.39 is 64.8 Å². The summed E-state index contributed by atoms with van der Waals surface area (Å²) in [6.07, 6.45) is 5.39. The van der Waals surface area contributed by atoms with Crippen molar-refractivity contribution in [1.82, 2.24) is 19.9 Å². The molecular weight excluding hydrogens is 673 g/mol. The van der Waals surface area contributed by atoms with Gasteiger partial charge in [0.2, 0.25) is 5.91 Å². The summed E-state index contributed by atoms with van der Waals surface area (Å²) in [6.45, 7) is 2.07. The van der Waals surface area contributed by atoms with E-state index in [9.17, 15) is 29.9 Å². The number of nitrogen functional groups attached to an aromatic ring is 1. The minimum absolute atomic E-state index is 0.0278. The molecule has 4 aromatic rings. The van der Waals surface area contributed by atoms with Crippen LogP contribution in [0, 0.1) is 35.3 Å². The van der Waals surface area contributed by atoms with Gasteiger partial charge >= 0.3 is 12.0 Å². The van der Waals surface area contributed by atoms with E-state index >= 15 is 8.78 Å². The molecule has 0 bridgehead atoms. The standard InChI is InChI=1S/C35H37F3N6O7/c1-4-21-24(36)7-6-19-12-20(39)13-22(25(19)21)27-26(37)28-23(14-40-27)30(43-10-11-50-15-18(3)29(43)38)42-31(41-28)51-35(48,49)33(17-45)32(8-9-32)16-34(46,47)44(33)5-2/h1,6-7,12-14,18,29,45-49H,5,8-11,15-17,39H2,2-3H3. The predicted octanol–water partition coefficient (Wildman–Crippen LogP) is 2.35. The lowest BCUT2D eigenvalue weighted by molar-refractivity contribution is -0.390. The highest BCUT2D eigenvalue weighted by atomic mass is 19.1. The van der Waals surface area contributed by atoms with Crippen molar-refractivity contribution in [3.63, 3.8) is 0 Å². The molecule has 2 aliphatic heterocycles. The third-order valence-corrected chi connectivity index (χ3v) is 10.5. The predicted molar refractivity (Wildman–Crippen MR) is 178 cm³/mol. The van der Waals surface area contributed by atoms with Crippen LogP contribution in [-0.4, -0.2) is 102 Å². The van der Waals surface area contributed by atoms with E-state index in [0.717, 1.165) is 11.0 Å². The summed E-state index contributed by atoms with van der Waals surface area (Å²) in [7, 11) is 0. The Bertz CT molecular complexity index is 2090. The van der Waals surface area contributed by atoms with Crippen molar-refractivity contribution in [2.75, 3.05) is 43.5 Å². The number of ether oxygens (including phenoxy) is 2. The number of alkyl halides is 1. The van der Waals surface area contributed by atoms with Crippen molar-refractivity contribution in [3.8, 4) is 29.6 Å². The molecule has 2 aromatic heterocycles. The number of hydrogen-bond acceptors (Lipinski definition) is 13. The Kier molecular flexibility index (Phi) is 8.34. The number of likely N-dealkylation sites (tertiary alicyclic amines) is 1. The van der Waals surface area contributed by atoms with Crippen LogP contribution in [0.4, 0.5) is 24.7 Å². The van der Waals surface area contributed by atoms with Crippen molar-refractivity contribution in [2.45, 2.75) is 56.8 Å². The molecule has 2 saturated heterocycles. The number of aromatic nitrogens is 3. The molecule has 1 spiro atoms. The maximum absolute atomic E-state index is 17.0. The summed E-state index contributed by atoms with van der Waals surface area (Å²) in [5.74, 6) is -6.39. The molecule has 3 unspecified atom stereocenters. The minimum Gasteiger partial charge on any atom is -0.404 e. The maximum atomic E-state index is 17.0. The molecule has 3 fully saturated rings. The average Bonchev–Trinajstić information content (AvgIpc) is 3.84. The molecule has 1 aliphatic carbocycles. The molecule has 3 atom stereocenters. The number of fused-ring (bicyclic) bond motifs is 2. The second-order valence-corrected chi connectivity index (χ2v) is 13.6. The number of anilines is 2. The lowest BCUT2D eigenvalue weighted by Crippen LogP contribution is -2.72. The van der Waals surface area contributed by atoms with Gasteiger partial charge in [0.05, 0.1) is 30.8 Å². The van der Waals surface area contributed by atoms with Gasteiger partial charge in [-0.25, -0.2) is 18.1 Å². The Morgan fingerprint density at radius 1 is 1.20 bits per heavy atom. The van der Waals surface area contributed by atoms with Gasteiger partial charge in [-0.1, -0.05) is 25.8 Å². The van der Waals surface area contributed by atoms with Gasteiger partial charge in [0, 0.05) is 53.7 Å². The van der Waals surface area contributed by atoms with Crippen LogP contribution >= 0.6 is 0 Å². The Balaban J connectivity index is 1.46. The third kappa shape index (κ3) is 5.18. The van der Waals surface area contributed by atoms with E-state index in [4.69, 9.17) is 21.6 Å². The summed E-state index contributed by atoms with van der Waals surface area (Å²) >= 11 is 0. The molecule has 4 heterocycles. The molecule has 51 heavy (non-hydrogen) atoms. The molecule has 7 N–H and O–H groups in total. The highest BCUT2D eigenvalue weighted by molar-refractivity contribution is 6.03. The fourth-order valence-corrected chi connectivity index (χ4v) is 8.07. The molecule has 13 nitrogen and oxygen atoms in total. The van der Waals surface area contributed by atoms with Crippen molar-refractivity contribution in [3.05, 3.63) is 47.7 Å². The van der Waals surface area contributed by atoms with E-state index in [2.05, 4.69) is 20.9 Å². The van der Waals surface area contributed by atoms with Gasteiger partial charge in [-0.3, -0.25) is 4.98 Å². The number of likely N-dealkylation sites (N-methyl/N-ethyl adjacent to an activating group) is 1. The van der Waals surface area contributed by atoms with Crippen molar-refractivity contribution in [2.24, 2.45) is 11.3 Å². The number of aliphatic hydroxyl groups excluding tert-OH is 1. The van der Waals surface area contributed by atoms with E-state index in [0.29, 0.717) is 5.39 Å². The van der Waals surface area contributed by atoms with Crippen LogP contribution in [0.2, 0.25) is 0 Å². The van der Waals surface area contributed by atoms with Crippen LogP contribution in [0.1, 0.15) is 38.7 Å². The third-order valence-electron chi connectivity index (χ3n) is 10.5. The monoisotopic (exact) mass is 710 g/mol.